The summed E-state index contributed by atoms with van der Waals surface area (Å²) in [7, 11) is 0. The molecule has 9 heteroatoms. The molecule has 0 saturated heterocycles. The van der Waals surface area contributed by atoms with Gasteiger partial charge in [-0.15, -0.1) is 0 Å². The molecule has 4 aromatic rings. The number of H-pyrrole nitrogens is 1. The number of carbonyl (C=O) groups is 1. The Morgan fingerprint density at radius 3 is 2.67 bits per heavy atom. The number of amides is 1. The van der Waals surface area contributed by atoms with E-state index in [2.05, 4.69) is 25.3 Å². The molecule has 3 heterocycles. The lowest BCUT2D eigenvalue weighted by Crippen LogP contribution is -2.13. The molecule has 3 aromatic heterocycles. The molecular formula is C18H10Cl2FN5O. The monoisotopic (exact) mass is 401 g/mol. The maximum Gasteiger partial charge on any atom is 0.258 e. The third kappa shape index (κ3) is 3.47. The van der Waals surface area contributed by atoms with Gasteiger partial charge in [0, 0.05) is 18.0 Å². The van der Waals surface area contributed by atoms with Gasteiger partial charge in [0.15, 0.2) is 10.8 Å². The van der Waals surface area contributed by atoms with E-state index in [-0.39, 0.29) is 16.7 Å². The first-order chi connectivity index (χ1) is 13.0. The molecule has 4 rings (SSSR count). The molecule has 2 N–H and O–H groups in total. The van der Waals surface area contributed by atoms with Crippen LogP contribution in [0.25, 0.3) is 22.6 Å². The van der Waals surface area contributed by atoms with Crippen molar-refractivity contribution >= 4 is 46.0 Å². The molecule has 0 atom stereocenters. The third-order valence-corrected chi connectivity index (χ3v) is 4.31. The van der Waals surface area contributed by atoms with Crippen molar-refractivity contribution in [3.05, 3.63) is 70.3 Å². The van der Waals surface area contributed by atoms with Gasteiger partial charge < -0.3 is 10.3 Å². The van der Waals surface area contributed by atoms with Crippen molar-refractivity contribution in [1.82, 2.24) is 19.9 Å². The fourth-order valence-corrected chi connectivity index (χ4v) is 2.85. The summed E-state index contributed by atoms with van der Waals surface area (Å²) in [6.45, 7) is 0. The number of carbonyl (C=O) groups excluding carboxylic acids is 1. The van der Waals surface area contributed by atoms with E-state index < -0.39 is 5.91 Å². The average molecular weight is 402 g/mol. The van der Waals surface area contributed by atoms with Crippen LogP contribution in [0, 0.1) is 5.82 Å². The number of hydrogen-bond donors (Lipinski definition) is 2. The van der Waals surface area contributed by atoms with Crippen LogP contribution in [0.5, 0.6) is 0 Å². The zero-order valence-electron chi connectivity index (χ0n) is 13.5. The number of pyridine rings is 2. The van der Waals surface area contributed by atoms with Crippen LogP contribution in [-0.4, -0.2) is 25.8 Å². The molecule has 0 aliphatic rings. The normalized spacial score (nSPS) is 10.9. The van der Waals surface area contributed by atoms with Gasteiger partial charge in [0.2, 0.25) is 0 Å². The van der Waals surface area contributed by atoms with Crippen LogP contribution in [0.4, 0.5) is 10.1 Å². The van der Waals surface area contributed by atoms with Crippen molar-refractivity contribution in [3.63, 3.8) is 0 Å². The first kappa shape index (κ1) is 17.4. The van der Waals surface area contributed by atoms with Gasteiger partial charge in [-0.05, 0) is 36.4 Å². The number of halogens is 3. The lowest BCUT2D eigenvalue weighted by molar-refractivity contribution is 0.102. The van der Waals surface area contributed by atoms with Crippen molar-refractivity contribution in [2.45, 2.75) is 0 Å². The summed E-state index contributed by atoms with van der Waals surface area (Å²) in [5.74, 6) is -0.314. The summed E-state index contributed by atoms with van der Waals surface area (Å²) in [5.41, 5.74) is 2.05. The first-order valence-corrected chi connectivity index (χ1v) is 8.50. The molecule has 134 valence electrons. The van der Waals surface area contributed by atoms with Crippen molar-refractivity contribution < 1.29 is 9.18 Å². The molecule has 6 nitrogen and oxygen atoms in total. The predicted molar refractivity (Wildman–Crippen MR) is 101 cm³/mol. The molecule has 0 bridgehead atoms. The van der Waals surface area contributed by atoms with Crippen LogP contribution in [-0.2, 0) is 0 Å². The fraction of sp³-hybridized carbons (Fsp3) is 0. The van der Waals surface area contributed by atoms with Crippen LogP contribution in [0.15, 0.2) is 48.8 Å². The lowest BCUT2D eigenvalue weighted by Gasteiger charge is -2.07. The number of nitrogens with zero attached hydrogens (tertiary/aromatic N) is 3. The van der Waals surface area contributed by atoms with E-state index in [1.165, 1.54) is 30.6 Å². The minimum absolute atomic E-state index is 0.118. The predicted octanol–water partition coefficient (Wildman–Crippen LogP) is 4.72. The van der Waals surface area contributed by atoms with E-state index in [4.69, 9.17) is 23.2 Å². The van der Waals surface area contributed by atoms with Crippen molar-refractivity contribution in [3.8, 4) is 11.4 Å². The highest BCUT2D eigenvalue weighted by Crippen LogP contribution is 2.25. The minimum Gasteiger partial charge on any atom is -0.323 e. The molecular weight excluding hydrogens is 392 g/mol. The van der Waals surface area contributed by atoms with Gasteiger partial charge >= 0.3 is 0 Å². The summed E-state index contributed by atoms with van der Waals surface area (Å²) in [6, 6.07) is 8.88. The van der Waals surface area contributed by atoms with E-state index in [9.17, 15) is 9.18 Å². The van der Waals surface area contributed by atoms with Crippen LogP contribution in [0.1, 0.15) is 10.4 Å². The smallest absolute Gasteiger partial charge is 0.258 e. The SMILES string of the molecule is O=C(Nc1cc(Cl)cnc1Cl)c1ccnc2[nH]c(-c3ccc(F)cc3)nc12. The second kappa shape index (κ2) is 6.94. The second-order valence-electron chi connectivity index (χ2n) is 5.59. The van der Waals surface area contributed by atoms with Gasteiger partial charge in [-0.25, -0.2) is 19.3 Å². The summed E-state index contributed by atoms with van der Waals surface area (Å²) in [6.07, 6.45) is 2.87. The summed E-state index contributed by atoms with van der Waals surface area (Å²) in [5, 5.41) is 3.13. The van der Waals surface area contributed by atoms with Crippen molar-refractivity contribution in [2.75, 3.05) is 5.32 Å². The summed E-state index contributed by atoms with van der Waals surface area (Å²) >= 11 is 11.9. The van der Waals surface area contributed by atoms with Crippen LogP contribution < -0.4 is 5.32 Å². The number of benzene rings is 1. The van der Waals surface area contributed by atoms with Gasteiger partial charge in [0.1, 0.15) is 17.2 Å². The second-order valence-corrected chi connectivity index (χ2v) is 6.39. The maximum absolute atomic E-state index is 13.1. The molecule has 0 unspecified atom stereocenters. The number of fused-ring (bicyclic) bond motifs is 1. The zero-order valence-corrected chi connectivity index (χ0v) is 15.0. The van der Waals surface area contributed by atoms with E-state index in [1.807, 2.05) is 0 Å². The van der Waals surface area contributed by atoms with E-state index in [1.54, 1.807) is 18.2 Å². The number of anilines is 1. The number of aromatic nitrogens is 4. The average Bonchev–Trinajstić information content (AvgIpc) is 3.09. The van der Waals surface area contributed by atoms with Crippen molar-refractivity contribution in [2.24, 2.45) is 0 Å². The lowest BCUT2D eigenvalue weighted by atomic mass is 10.2. The molecule has 0 aliphatic heterocycles. The Morgan fingerprint density at radius 2 is 1.89 bits per heavy atom. The molecule has 1 aromatic carbocycles. The van der Waals surface area contributed by atoms with Gasteiger partial charge in [-0.1, -0.05) is 23.2 Å². The van der Waals surface area contributed by atoms with Gasteiger partial charge in [0.05, 0.1) is 16.3 Å². The quantitative estimate of drug-likeness (QED) is 0.486. The molecule has 0 radical (unpaired) electrons. The van der Waals surface area contributed by atoms with Crippen LogP contribution in [0.3, 0.4) is 0 Å². The standard InChI is InChI=1S/C18H10Cl2FN5O/c19-10-7-13(15(20)23-8-10)24-18(27)12-5-6-22-17-14(12)25-16(26-17)9-1-3-11(21)4-2-9/h1-8H,(H,24,27)(H,22,25,26). The highest BCUT2D eigenvalue weighted by molar-refractivity contribution is 6.34. The van der Waals surface area contributed by atoms with E-state index in [0.717, 1.165) is 0 Å². The number of imidazole rings is 1. The number of rotatable bonds is 3. The highest BCUT2D eigenvalue weighted by Gasteiger charge is 2.17. The Labute approximate surface area is 162 Å². The van der Waals surface area contributed by atoms with Gasteiger partial charge in [-0.2, -0.15) is 0 Å². The Hall–Kier alpha value is -3.03. The molecule has 0 fully saturated rings. The van der Waals surface area contributed by atoms with E-state index >= 15 is 0 Å². The van der Waals surface area contributed by atoms with Gasteiger partial charge in [0.25, 0.3) is 5.91 Å². The zero-order chi connectivity index (χ0) is 19.0. The fourth-order valence-electron chi connectivity index (χ4n) is 2.54. The number of nitrogens with one attached hydrogen (secondary N) is 2. The Morgan fingerprint density at radius 1 is 1.11 bits per heavy atom. The molecule has 0 spiro atoms. The summed E-state index contributed by atoms with van der Waals surface area (Å²) < 4.78 is 13.1. The van der Waals surface area contributed by atoms with Crippen LogP contribution in [0.2, 0.25) is 10.2 Å². The number of hydrogen-bond acceptors (Lipinski definition) is 4. The van der Waals surface area contributed by atoms with Gasteiger partial charge in [-0.3, -0.25) is 4.79 Å². The molecule has 0 aliphatic carbocycles. The molecule has 1 amide bonds. The first-order valence-electron chi connectivity index (χ1n) is 7.74. The Bertz CT molecular complexity index is 1160. The largest absolute Gasteiger partial charge is 0.323 e. The number of aromatic amines is 1. The molecule has 27 heavy (non-hydrogen) atoms. The Balaban J connectivity index is 1.72. The topological polar surface area (TPSA) is 83.6 Å². The molecule has 0 saturated carbocycles. The Kier molecular flexibility index (Phi) is 4.47. The summed E-state index contributed by atoms with van der Waals surface area (Å²) in [4.78, 5) is 28.3. The van der Waals surface area contributed by atoms with E-state index in [0.29, 0.717) is 33.1 Å². The third-order valence-electron chi connectivity index (χ3n) is 3.80. The van der Waals surface area contributed by atoms with Crippen LogP contribution >= 0.6 is 23.2 Å². The highest BCUT2D eigenvalue weighted by atomic mass is 35.5. The maximum atomic E-state index is 13.1. The minimum atomic E-state index is -0.439. The van der Waals surface area contributed by atoms with Crippen molar-refractivity contribution in [1.29, 1.82) is 0 Å².